The SMILES string of the molecule is C=CCN1CC(C)NCC1CCC. The molecule has 1 aliphatic rings. The highest BCUT2D eigenvalue weighted by Crippen LogP contribution is 2.11. The molecular formula is C11H22N2. The lowest BCUT2D eigenvalue weighted by Gasteiger charge is -2.38. The molecule has 0 bridgehead atoms. The zero-order valence-corrected chi connectivity index (χ0v) is 8.92. The Bertz CT molecular complexity index is 156. The lowest BCUT2D eigenvalue weighted by atomic mass is 10.1. The minimum absolute atomic E-state index is 0.632. The van der Waals surface area contributed by atoms with Crippen LogP contribution < -0.4 is 5.32 Å². The molecule has 1 fully saturated rings. The van der Waals surface area contributed by atoms with Crippen molar-refractivity contribution in [3.63, 3.8) is 0 Å². The predicted molar refractivity (Wildman–Crippen MR) is 57.9 cm³/mol. The van der Waals surface area contributed by atoms with E-state index in [4.69, 9.17) is 0 Å². The van der Waals surface area contributed by atoms with Gasteiger partial charge < -0.3 is 5.32 Å². The number of rotatable bonds is 4. The van der Waals surface area contributed by atoms with Crippen molar-refractivity contribution >= 4 is 0 Å². The summed E-state index contributed by atoms with van der Waals surface area (Å²) in [5.41, 5.74) is 0. The number of hydrogen-bond acceptors (Lipinski definition) is 2. The molecule has 0 aromatic heterocycles. The van der Waals surface area contributed by atoms with Crippen LogP contribution >= 0.6 is 0 Å². The van der Waals surface area contributed by atoms with Crippen LogP contribution in [0.1, 0.15) is 26.7 Å². The quantitative estimate of drug-likeness (QED) is 0.665. The van der Waals surface area contributed by atoms with Crippen LogP contribution in [0.4, 0.5) is 0 Å². The van der Waals surface area contributed by atoms with E-state index in [2.05, 4.69) is 30.6 Å². The third-order valence-corrected chi connectivity index (χ3v) is 2.71. The second kappa shape index (κ2) is 5.40. The highest BCUT2D eigenvalue weighted by Gasteiger charge is 2.23. The lowest BCUT2D eigenvalue weighted by Crippen LogP contribution is -2.55. The first-order valence-corrected chi connectivity index (χ1v) is 5.36. The average Bonchev–Trinajstić information content (AvgIpc) is 2.10. The van der Waals surface area contributed by atoms with Crippen LogP contribution in [-0.4, -0.2) is 36.6 Å². The van der Waals surface area contributed by atoms with Gasteiger partial charge in [0.1, 0.15) is 0 Å². The van der Waals surface area contributed by atoms with Gasteiger partial charge in [-0.2, -0.15) is 0 Å². The van der Waals surface area contributed by atoms with Crippen molar-refractivity contribution in [2.24, 2.45) is 0 Å². The molecule has 1 saturated heterocycles. The van der Waals surface area contributed by atoms with Crippen LogP contribution in [0, 0.1) is 0 Å². The molecular weight excluding hydrogens is 160 g/mol. The maximum absolute atomic E-state index is 3.81. The fraction of sp³-hybridized carbons (Fsp3) is 0.818. The third kappa shape index (κ3) is 3.12. The van der Waals surface area contributed by atoms with Crippen molar-refractivity contribution in [1.29, 1.82) is 0 Å². The van der Waals surface area contributed by atoms with Gasteiger partial charge in [-0.05, 0) is 13.3 Å². The van der Waals surface area contributed by atoms with E-state index < -0.39 is 0 Å². The molecule has 0 saturated carbocycles. The molecule has 1 rings (SSSR count). The molecule has 0 spiro atoms. The molecule has 76 valence electrons. The van der Waals surface area contributed by atoms with Crippen molar-refractivity contribution < 1.29 is 0 Å². The molecule has 0 amide bonds. The summed E-state index contributed by atoms with van der Waals surface area (Å²) in [6.07, 6.45) is 4.59. The standard InChI is InChI=1S/C11H22N2/c1-4-6-11-8-12-10(3)9-13(11)7-5-2/h5,10-12H,2,4,6-9H2,1,3H3. The molecule has 0 aliphatic carbocycles. The largest absolute Gasteiger partial charge is 0.311 e. The van der Waals surface area contributed by atoms with Crippen LogP contribution in [0.15, 0.2) is 12.7 Å². The topological polar surface area (TPSA) is 15.3 Å². The smallest absolute Gasteiger partial charge is 0.0224 e. The number of nitrogens with one attached hydrogen (secondary N) is 1. The Hall–Kier alpha value is -0.340. The second-order valence-corrected chi connectivity index (χ2v) is 3.99. The number of piperazine rings is 1. The molecule has 1 N–H and O–H groups in total. The number of nitrogens with zero attached hydrogens (tertiary/aromatic N) is 1. The van der Waals surface area contributed by atoms with Gasteiger partial charge in [-0.25, -0.2) is 0 Å². The summed E-state index contributed by atoms with van der Waals surface area (Å²) in [5.74, 6) is 0. The van der Waals surface area contributed by atoms with Crippen LogP contribution in [0.3, 0.4) is 0 Å². The summed E-state index contributed by atoms with van der Waals surface area (Å²) < 4.78 is 0. The summed E-state index contributed by atoms with van der Waals surface area (Å²) >= 11 is 0. The van der Waals surface area contributed by atoms with Crippen LogP contribution in [-0.2, 0) is 0 Å². The van der Waals surface area contributed by atoms with E-state index in [0.29, 0.717) is 6.04 Å². The van der Waals surface area contributed by atoms with E-state index in [9.17, 15) is 0 Å². The van der Waals surface area contributed by atoms with Gasteiger partial charge in [-0.15, -0.1) is 6.58 Å². The van der Waals surface area contributed by atoms with E-state index in [1.165, 1.54) is 12.8 Å². The summed E-state index contributed by atoms with van der Waals surface area (Å²) in [6, 6.07) is 1.35. The van der Waals surface area contributed by atoms with Crippen LogP contribution in [0.25, 0.3) is 0 Å². The zero-order valence-electron chi connectivity index (χ0n) is 8.92. The van der Waals surface area contributed by atoms with Gasteiger partial charge >= 0.3 is 0 Å². The van der Waals surface area contributed by atoms with Crippen molar-refractivity contribution in [3.8, 4) is 0 Å². The van der Waals surface area contributed by atoms with Gasteiger partial charge in [-0.1, -0.05) is 19.4 Å². The van der Waals surface area contributed by atoms with Crippen molar-refractivity contribution in [2.45, 2.75) is 38.8 Å². The van der Waals surface area contributed by atoms with E-state index in [1.807, 2.05) is 6.08 Å². The minimum atomic E-state index is 0.632. The van der Waals surface area contributed by atoms with E-state index >= 15 is 0 Å². The molecule has 0 radical (unpaired) electrons. The minimum Gasteiger partial charge on any atom is -0.311 e. The monoisotopic (exact) mass is 182 g/mol. The van der Waals surface area contributed by atoms with Gasteiger partial charge in [0, 0.05) is 31.7 Å². The highest BCUT2D eigenvalue weighted by atomic mass is 15.2. The van der Waals surface area contributed by atoms with E-state index in [0.717, 1.165) is 25.7 Å². The van der Waals surface area contributed by atoms with Gasteiger partial charge in [0.05, 0.1) is 0 Å². The zero-order chi connectivity index (χ0) is 9.68. The Morgan fingerprint density at radius 3 is 3.00 bits per heavy atom. The molecule has 2 nitrogen and oxygen atoms in total. The summed E-state index contributed by atoms with van der Waals surface area (Å²) in [5, 5.41) is 3.53. The van der Waals surface area contributed by atoms with Gasteiger partial charge in [0.2, 0.25) is 0 Å². The Morgan fingerprint density at radius 1 is 1.62 bits per heavy atom. The Balaban J connectivity index is 2.44. The molecule has 13 heavy (non-hydrogen) atoms. The normalized spacial score (nSPS) is 30.3. The molecule has 1 heterocycles. The Morgan fingerprint density at radius 2 is 2.38 bits per heavy atom. The molecule has 1 aliphatic heterocycles. The summed E-state index contributed by atoms with van der Waals surface area (Å²) in [4.78, 5) is 2.54. The molecule has 2 atom stereocenters. The van der Waals surface area contributed by atoms with Crippen LogP contribution in [0.5, 0.6) is 0 Å². The van der Waals surface area contributed by atoms with Crippen LogP contribution in [0.2, 0.25) is 0 Å². The van der Waals surface area contributed by atoms with Gasteiger partial charge in [0.25, 0.3) is 0 Å². The maximum Gasteiger partial charge on any atom is 0.0224 e. The lowest BCUT2D eigenvalue weighted by molar-refractivity contribution is 0.142. The van der Waals surface area contributed by atoms with E-state index in [-0.39, 0.29) is 0 Å². The first-order valence-electron chi connectivity index (χ1n) is 5.36. The van der Waals surface area contributed by atoms with Crippen molar-refractivity contribution in [1.82, 2.24) is 10.2 Å². The molecule has 0 aromatic carbocycles. The molecule has 2 heteroatoms. The summed E-state index contributed by atoms with van der Waals surface area (Å²) in [7, 11) is 0. The number of hydrogen-bond donors (Lipinski definition) is 1. The predicted octanol–water partition coefficient (Wildman–Crippen LogP) is 1.63. The Kier molecular flexibility index (Phi) is 4.46. The third-order valence-electron chi connectivity index (χ3n) is 2.71. The maximum atomic E-state index is 3.81. The van der Waals surface area contributed by atoms with Crippen molar-refractivity contribution in [2.75, 3.05) is 19.6 Å². The van der Waals surface area contributed by atoms with Gasteiger partial charge in [0.15, 0.2) is 0 Å². The average molecular weight is 182 g/mol. The van der Waals surface area contributed by atoms with E-state index in [1.54, 1.807) is 0 Å². The fourth-order valence-corrected chi connectivity index (χ4v) is 2.04. The fourth-order valence-electron chi connectivity index (χ4n) is 2.04. The van der Waals surface area contributed by atoms with Gasteiger partial charge in [-0.3, -0.25) is 4.90 Å². The first kappa shape index (κ1) is 10.7. The first-order chi connectivity index (χ1) is 6.27. The molecule has 2 unspecified atom stereocenters. The van der Waals surface area contributed by atoms with Crippen molar-refractivity contribution in [3.05, 3.63) is 12.7 Å². The summed E-state index contributed by atoms with van der Waals surface area (Å²) in [6.45, 7) is 11.7. The second-order valence-electron chi connectivity index (χ2n) is 3.99. The Labute approximate surface area is 82.0 Å². The highest BCUT2D eigenvalue weighted by molar-refractivity contribution is 4.87. The molecule has 0 aromatic rings.